The molecule has 0 amide bonds. The van der Waals surface area contributed by atoms with E-state index in [1.165, 1.54) is 0 Å². The highest BCUT2D eigenvalue weighted by Crippen LogP contribution is 2.47. The Hall–Kier alpha value is -5.36. The van der Waals surface area contributed by atoms with E-state index in [0.29, 0.717) is 0 Å². The minimum atomic E-state index is -0.825. The zero-order valence-electron chi connectivity index (χ0n) is 25.4. The molecule has 45 heavy (non-hydrogen) atoms. The lowest BCUT2D eigenvalue weighted by molar-refractivity contribution is -0.156. The van der Waals surface area contributed by atoms with Crippen molar-refractivity contribution in [2.75, 3.05) is 0 Å². The predicted molar refractivity (Wildman–Crippen MR) is 183 cm³/mol. The minimum absolute atomic E-state index is 0.411. The number of hydrogen-bond acceptors (Lipinski definition) is 5. The second-order valence-corrected chi connectivity index (χ2v) is 12.1. The molecule has 0 saturated heterocycles. The summed E-state index contributed by atoms with van der Waals surface area (Å²) in [6, 6.07) is 41.4. The molecule has 0 radical (unpaired) electrons. The van der Waals surface area contributed by atoms with Crippen molar-refractivity contribution in [3.8, 4) is 22.6 Å². The molecule has 0 aliphatic carbocycles. The van der Waals surface area contributed by atoms with Crippen molar-refractivity contribution in [1.82, 2.24) is 0 Å². The van der Waals surface area contributed by atoms with Crippen molar-refractivity contribution in [3.05, 3.63) is 139 Å². The second kappa shape index (κ2) is 11.6. The topological polar surface area (TPSA) is 57.1 Å². The number of benzene rings is 6. The molecule has 1 atom stereocenters. The number of carbonyl (C=O) groups excluding carboxylic acids is 1. The number of nitrogens with zero attached hydrogens (tertiary/aromatic N) is 1. The van der Waals surface area contributed by atoms with E-state index in [0.717, 1.165) is 60.8 Å². The van der Waals surface area contributed by atoms with Gasteiger partial charge in [-0.05, 0) is 65.6 Å². The van der Waals surface area contributed by atoms with Gasteiger partial charge in [-0.15, -0.1) is 0 Å². The summed E-state index contributed by atoms with van der Waals surface area (Å²) in [5, 5.41) is 4.43. The Labute approximate surface area is 263 Å². The van der Waals surface area contributed by atoms with Gasteiger partial charge in [0.2, 0.25) is 0 Å². The summed E-state index contributed by atoms with van der Waals surface area (Å²) in [5.74, 6) is 1.05. The highest BCUT2D eigenvalue weighted by Gasteiger charge is 2.35. The SMILES string of the molecule is CC(C)(C)OC(=O)[C@@H](N=Cc1ccccc1B1Oc2ccc3ccccc3c2-c2c(ccc3ccccc23)O1)c1ccccc1. The fourth-order valence-corrected chi connectivity index (χ4v) is 5.87. The first-order valence-corrected chi connectivity index (χ1v) is 15.1. The van der Waals surface area contributed by atoms with Crippen LogP contribution < -0.4 is 14.8 Å². The Kier molecular flexibility index (Phi) is 7.34. The zero-order valence-corrected chi connectivity index (χ0v) is 25.4. The number of ether oxygens (including phenoxy) is 1. The summed E-state index contributed by atoms with van der Waals surface area (Å²) in [4.78, 5) is 18.1. The van der Waals surface area contributed by atoms with E-state index in [1.54, 1.807) is 6.21 Å². The molecule has 0 aromatic heterocycles. The molecule has 0 N–H and O–H groups in total. The van der Waals surface area contributed by atoms with Crippen molar-refractivity contribution >= 4 is 46.3 Å². The van der Waals surface area contributed by atoms with E-state index >= 15 is 0 Å². The Balaban J connectivity index is 1.34. The van der Waals surface area contributed by atoms with Crippen LogP contribution in [0.1, 0.15) is 37.9 Å². The van der Waals surface area contributed by atoms with Crippen LogP contribution in [0.3, 0.4) is 0 Å². The van der Waals surface area contributed by atoms with E-state index in [4.69, 9.17) is 19.0 Å². The van der Waals surface area contributed by atoms with Gasteiger partial charge in [0.15, 0.2) is 6.04 Å². The number of carbonyl (C=O) groups is 1. The summed E-state index contributed by atoms with van der Waals surface area (Å²) in [6.45, 7) is 5.57. The van der Waals surface area contributed by atoms with E-state index < -0.39 is 24.7 Å². The van der Waals surface area contributed by atoms with Gasteiger partial charge in [0.05, 0.1) is 0 Å². The van der Waals surface area contributed by atoms with Crippen molar-refractivity contribution in [1.29, 1.82) is 0 Å². The van der Waals surface area contributed by atoms with Crippen molar-refractivity contribution in [2.24, 2.45) is 4.99 Å². The van der Waals surface area contributed by atoms with E-state index in [9.17, 15) is 4.79 Å². The van der Waals surface area contributed by atoms with Crippen LogP contribution in [-0.4, -0.2) is 24.9 Å². The molecule has 220 valence electrons. The summed E-state index contributed by atoms with van der Waals surface area (Å²) in [5.41, 5.74) is 3.68. The smallest absolute Gasteiger partial charge is 0.521 e. The van der Waals surface area contributed by atoms with Crippen molar-refractivity contribution < 1.29 is 18.8 Å². The van der Waals surface area contributed by atoms with Gasteiger partial charge in [0, 0.05) is 22.8 Å². The molecule has 1 aliphatic rings. The molecule has 1 heterocycles. The second-order valence-electron chi connectivity index (χ2n) is 12.1. The van der Waals surface area contributed by atoms with Gasteiger partial charge in [-0.1, -0.05) is 115 Å². The van der Waals surface area contributed by atoms with Gasteiger partial charge >= 0.3 is 13.1 Å². The lowest BCUT2D eigenvalue weighted by Crippen LogP contribution is -2.44. The molecule has 5 nitrogen and oxygen atoms in total. The summed E-state index contributed by atoms with van der Waals surface area (Å²) < 4.78 is 19.3. The van der Waals surface area contributed by atoms with Crippen LogP contribution >= 0.6 is 0 Å². The first-order valence-electron chi connectivity index (χ1n) is 15.1. The van der Waals surface area contributed by atoms with Crippen LogP contribution in [0.15, 0.2) is 132 Å². The standard InChI is InChI=1S/C39H32BNO4/c1-39(2,3)43-38(42)37(28-15-5-4-6-16-28)41-25-29-17-9-12-20-32(29)40-44-33-23-21-26-13-7-10-18-30(26)35(33)36-31-19-11-8-14-27(31)22-24-34(36)45-40/h4-25,37H,1-3H3/t37-/m0/s1. The van der Waals surface area contributed by atoms with E-state index in [-0.39, 0.29) is 0 Å². The molecule has 0 fully saturated rings. The summed E-state index contributed by atoms with van der Waals surface area (Å²) in [7, 11) is -0.772. The molecule has 0 saturated carbocycles. The van der Waals surface area contributed by atoms with Crippen LogP contribution in [0.25, 0.3) is 32.7 Å². The van der Waals surface area contributed by atoms with Gasteiger partial charge in [-0.25, -0.2) is 4.79 Å². The Bertz CT molecular complexity index is 1980. The molecule has 0 spiro atoms. The maximum atomic E-state index is 13.3. The number of esters is 1. The third-order valence-electron chi connectivity index (χ3n) is 7.86. The quantitative estimate of drug-likeness (QED) is 0.115. The van der Waals surface area contributed by atoms with Crippen LogP contribution in [0, 0.1) is 0 Å². The van der Waals surface area contributed by atoms with Crippen molar-refractivity contribution in [2.45, 2.75) is 32.4 Å². The van der Waals surface area contributed by atoms with Gasteiger partial charge in [0.25, 0.3) is 0 Å². The molecule has 7 rings (SSSR count). The largest absolute Gasteiger partial charge is 0.633 e. The molecule has 0 unspecified atom stereocenters. The van der Waals surface area contributed by atoms with Crippen LogP contribution in [0.2, 0.25) is 0 Å². The number of fused-ring (bicyclic) bond motifs is 7. The molecule has 1 aliphatic heterocycles. The van der Waals surface area contributed by atoms with Crippen LogP contribution in [-0.2, 0) is 9.53 Å². The first kappa shape index (κ1) is 28.4. The monoisotopic (exact) mass is 589 g/mol. The van der Waals surface area contributed by atoms with Gasteiger partial charge < -0.3 is 14.0 Å². The average Bonchev–Trinajstić information content (AvgIpc) is 3.22. The summed E-state index contributed by atoms with van der Waals surface area (Å²) >= 11 is 0. The maximum Gasteiger partial charge on any atom is 0.633 e. The van der Waals surface area contributed by atoms with Crippen LogP contribution in [0.5, 0.6) is 11.5 Å². The Morgan fingerprint density at radius 3 is 1.82 bits per heavy atom. The highest BCUT2D eigenvalue weighted by molar-refractivity contribution is 6.64. The Morgan fingerprint density at radius 1 is 0.689 bits per heavy atom. The third-order valence-corrected chi connectivity index (χ3v) is 7.86. The molecular weight excluding hydrogens is 557 g/mol. The predicted octanol–water partition coefficient (Wildman–Crippen LogP) is 8.33. The van der Waals surface area contributed by atoms with Crippen LogP contribution in [0.4, 0.5) is 0 Å². The van der Waals surface area contributed by atoms with Gasteiger partial charge in [-0.3, -0.25) is 4.99 Å². The maximum absolute atomic E-state index is 13.3. The van der Waals surface area contributed by atoms with Crippen molar-refractivity contribution in [3.63, 3.8) is 0 Å². The molecular formula is C39H32BNO4. The lowest BCUT2D eigenvalue weighted by atomic mass is 9.75. The summed E-state index contributed by atoms with van der Waals surface area (Å²) in [6.07, 6.45) is 1.72. The van der Waals surface area contributed by atoms with Gasteiger partial charge in [0.1, 0.15) is 17.1 Å². The first-order chi connectivity index (χ1) is 21.9. The Morgan fingerprint density at radius 2 is 1.22 bits per heavy atom. The fourth-order valence-electron chi connectivity index (χ4n) is 5.87. The van der Waals surface area contributed by atoms with Gasteiger partial charge in [-0.2, -0.15) is 0 Å². The zero-order chi connectivity index (χ0) is 31.0. The molecule has 6 aromatic carbocycles. The fraction of sp³-hybridized carbons (Fsp3) is 0.128. The minimum Gasteiger partial charge on any atom is -0.521 e. The lowest BCUT2D eigenvalue weighted by Gasteiger charge is -2.22. The molecule has 6 heteroatoms. The normalized spacial score (nSPS) is 13.4. The number of rotatable bonds is 5. The molecule has 0 bridgehead atoms. The third kappa shape index (κ3) is 5.67. The average molecular weight is 590 g/mol. The highest BCUT2D eigenvalue weighted by atomic mass is 16.6. The van der Waals surface area contributed by atoms with E-state index in [2.05, 4.69) is 48.5 Å². The number of hydrogen-bond donors (Lipinski definition) is 0. The molecule has 6 aromatic rings. The number of aliphatic imine (C=N–C) groups is 1. The van der Waals surface area contributed by atoms with E-state index in [1.807, 2.05) is 99.6 Å².